The number of para-hydroxylation sites is 2. The Morgan fingerprint density at radius 1 is 0.885 bits per heavy atom. The fraction of sp³-hybridized carbons (Fsp3) is 0.0952. The second kappa shape index (κ2) is 6.44. The van der Waals surface area contributed by atoms with E-state index in [-0.39, 0.29) is 17.4 Å². The highest BCUT2D eigenvalue weighted by Gasteiger charge is 2.34. The molecule has 0 bridgehead atoms. The number of nitrogens with zero attached hydrogens (tertiary/aromatic N) is 1. The van der Waals surface area contributed by atoms with E-state index in [0.717, 1.165) is 5.56 Å². The molecule has 5 heteroatoms. The second-order valence-electron chi connectivity index (χ2n) is 6.23. The van der Waals surface area contributed by atoms with Crippen molar-refractivity contribution in [2.24, 2.45) is 0 Å². The lowest BCUT2D eigenvalue weighted by atomic mass is 10.0. The summed E-state index contributed by atoms with van der Waals surface area (Å²) in [4.78, 5) is 14.8. The highest BCUT2D eigenvalue weighted by Crippen LogP contribution is 2.40. The summed E-state index contributed by atoms with van der Waals surface area (Å²) in [7, 11) is 0. The Labute approximate surface area is 151 Å². The third kappa shape index (κ3) is 2.73. The van der Waals surface area contributed by atoms with E-state index in [1.54, 1.807) is 23.1 Å². The first kappa shape index (κ1) is 16.0. The van der Waals surface area contributed by atoms with E-state index < -0.39 is 6.17 Å². The van der Waals surface area contributed by atoms with Gasteiger partial charge < -0.3 is 20.4 Å². The van der Waals surface area contributed by atoms with Crippen LogP contribution in [0.4, 0.5) is 5.69 Å². The van der Waals surface area contributed by atoms with E-state index in [4.69, 9.17) is 0 Å². The van der Waals surface area contributed by atoms with E-state index >= 15 is 0 Å². The highest BCUT2D eigenvalue weighted by molar-refractivity contribution is 6.01. The molecule has 4 rings (SSSR count). The topological polar surface area (TPSA) is 72.8 Å². The van der Waals surface area contributed by atoms with Crippen molar-refractivity contribution in [3.05, 3.63) is 89.5 Å². The number of carbonyl (C=O) groups is 1. The molecule has 3 aromatic rings. The van der Waals surface area contributed by atoms with Crippen LogP contribution >= 0.6 is 0 Å². The van der Waals surface area contributed by atoms with Crippen LogP contribution < -0.4 is 5.32 Å². The summed E-state index contributed by atoms with van der Waals surface area (Å²) in [6, 6.07) is 21.7. The molecule has 3 N–H and O–H groups in total. The minimum Gasteiger partial charge on any atom is -0.504 e. The lowest BCUT2D eigenvalue weighted by Crippen LogP contribution is -2.42. The van der Waals surface area contributed by atoms with Gasteiger partial charge in [-0.05, 0) is 23.8 Å². The lowest BCUT2D eigenvalue weighted by Gasteiger charge is -2.38. The van der Waals surface area contributed by atoms with Gasteiger partial charge in [-0.15, -0.1) is 0 Å². The van der Waals surface area contributed by atoms with E-state index in [1.165, 1.54) is 6.07 Å². The molecule has 1 aliphatic heterocycles. The van der Waals surface area contributed by atoms with Gasteiger partial charge in [0.25, 0.3) is 5.91 Å². The standard InChI is InChI=1S/C21H18N2O3/c24-18-12-6-10-16(19(18)25)20-22-17-11-5-4-9-15(17)21(26)23(20)13-14-7-2-1-3-8-14/h1-12,20,22,24-25H,13H2/t20-/m0/s1. The maximum atomic E-state index is 13.1. The zero-order valence-electron chi connectivity index (χ0n) is 14.0. The van der Waals surface area contributed by atoms with Crippen LogP contribution in [0.25, 0.3) is 0 Å². The Morgan fingerprint density at radius 3 is 2.42 bits per heavy atom. The summed E-state index contributed by atoms with van der Waals surface area (Å²) in [5.74, 6) is -0.568. The molecule has 0 aromatic heterocycles. The van der Waals surface area contributed by atoms with Crippen LogP contribution in [0.5, 0.6) is 11.5 Å². The van der Waals surface area contributed by atoms with Crippen LogP contribution in [0.1, 0.15) is 27.7 Å². The van der Waals surface area contributed by atoms with E-state index in [1.807, 2.05) is 48.5 Å². The molecular weight excluding hydrogens is 328 g/mol. The number of carbonyl (C=O) groups excluding carboxylic acids is 1. The van der Waals surface area contributed by atoms with Crippen molar-refractivity contribution in [2.45, 2.75) is 12.7 Å². The van der Waals surface area contributed by atoms with Gasteiger partial charge in [-0.1, -0.05) is 54.6 Å². The van der Waals surface area contributed by atoms with Gasteiger partial charge in [-0.2, -0.15) is 0 Å². The average molecular weight is 346 g/mol. The zero-order valence-corrected chi connectivity index (χ0v) is 14.0. The molecule has 1 aliphatic rings. The molecule has 5 nitrogen and oxygen atoms in total. The Bertz CT molecular complexity index is 956. The van der Waals surface area contributed by atoms with Gasteiger partial charge in [0.05, 0.1) is 5.56 Å². The number of hydrogen-bond donors (Lipinski definition) is 3. The molecule has 0 saturated carbocycles. The van der Waals surface area contributed by atoms with Gasteiger partial charge in [0.2, 0.25) is 0 Å². The molecule has 0 spiro atoms. The fourth-order valence-corrected chi connectivity index (χ4v) is 3.25. The normalized spacial score (nSPS) is 16.1. The number of nitrogens with one attached hydrogen (secondary N) is 1. The predicted molar refractivity (Wildman–Crippen MR) is 98.9 cm³/mol. The average Bonchev–Trinajstić information content (AvgIpc) is 2.67. The van der Waals surface area contributed by atoms with Gasteiger partial charge in [-0.25, -0.2) is 0 Å². The van der Waals surface area contributed by atoms with E-state index in [2.05, 4.69) is 5.32 Å². The predicted octanol–water partition coefficient (Wildman–Crippen LogP) is 3.86. The van der Waals surface area contributed by atoms with Crippen LogP contribution in [0.2, 0.25) is 0 Å². The highest BCUT2D eigenvalue weighted by atomic mass is 16.3. The summed E-state index contributed by atoms with van der Waals surface area (Å²) >= 11 is 0. The van der Waals surface area contributed by atoms with Gasteiger partial charge in [0.15, 0.2) is 11.5 Å². The Balaban J connectivity index is 1.81. The number of benzene rings is 3. The molecule has 3 aromatic carbocycles. The number of fused-ring (bicyclic) bond motifs is 1. The van der Waals surface area contributed by atoms with Crippen LogP contribution in [0.15, 0.2) is 72.8 Å². The minimum absolute atomic E-state index is 0.129. The van der Waals surface area contributed by atoms with E-state index in [0.29, 0.717) is 23.4 Å². The van der Waals surface area contributed by atoms with Gasteiger partial charge >= 0.3 is 0 Å². The number of aromatic hydroxyl groups is 2. The summed E-state index contributed by atoms with van der Waals surface area (Å²) in [6.45, 7) is 0.376. The van der Waals surface area contributed by atoms with Crippen molar-refractivity contribution in [3.8, 4) is 11.5 Å². The van der Waals surface area contributed by atoms with Gasteiger partial charge in [0.1, 0.15) is 6.17 Å². The smallest absolute Gasteiger partial charge is 0.258 e. The third-order valence-corrected chi connectivity index (χ3v) is 4.56. The number of phenolic OH excluding ortho intramolecular Hbond substituents is 2. The van der Waals surface area contributed by atoms with Crippen molar-refractivity contribution in [1.29, 1.82) is 0 Å². The number of phenols is 2. The Morgan fingerprint density at radius 2 is 1.62 bits per heavy atom. The minimum atomic E-state index is -0.593. The SMILES string of the molecule is O=C1c2ccccc2N[C@H](c2cccc(O)c2O)N1Cc1ccccc1. The molecular formula is C21H18N2O3. The maximum Gasteiger partial charge on any atom is 0.258 e. The van der Waals surface area contributed by atoms with Gasteiger partial charge in [-0.3, -0.25) is 4.79 Å². The molecule has 0 unspecified atom stereocenters. The quantitative estimate of drug-likeness (QED) is 0.630. The first-order valence-corrected chi connectivity index (χ1v) is 8.36. The molecule has 1 amide bonds. The molecule has 1 atom stereocenters. The zero-order chi connectivity index (χ0) is 18.1. The monoisotopic (exact) mass is 346 g/mol. The number of anilines is 1. The maximum absolute atomic E-state index is 13.1. The Kier molecular flexibility index (Phi) is 3.97. The van der Waals surface area contributed by atoms with E-state index in [9.17, 15) is 15.0 Å². The second-order valence-corrected chi connectivity index (χ2v) is 6.23. The first-order chi connectivity index (χ1) is 12.6. The molecule has 1 heterocycles. The summed E-state index contributed by atoms with van der Waals surface area (Å²) in [5.41, 5.74) is 2.71. The number of amides is 1. The first-order valence-electron chi connectivity index (χ1n) is 8.36. The summed E-state index contributed by atoms with van der Waals surface area (Å²) < 4.78 is 0. The molecule has 0 saturated heterocycles. The van der Waals surface area contributed by atoms with Crippen molar-refractivity contribution in [2.75, 3.05) is 5.32 Å². The van der Waals surface area contributed by atoms with Gasteiger partial charge in [0, 0.05) is 17.8 Å². The van der Waals surface area contributed by atoms with Crippen LogP contribution in [-0.4, -0.2) is 21.0 Å². The van der Waals surface area contributed by atoms with Crippen LogP contribution in [0, 0.1) is 0 Å². The molecule has 130 valence electrons. The van der Waals surface area contributed by atoms with Crippen molar-refractivity contribution in [3.63, 3.8) is 0 Å². The number of rotatable bonds is 3. The van der Waals surface area contributed by atoms with Crippen LogP contribution in [-0.2, 0) is 6.54 Å². The summed E-state index contributed by atoms with van der Waals surface area (Å²) in [5, 5.41) is 23.5. The largest absolute Gasteiger partial charge is 0.504 e. The molecule has 0 fully saturated rings. The third-order valence-electron chi connectivity index (χ3n) is 4.56. The van der Waals surface area contributed by atoms with Crippen molar-refractivity contribution >= 4 is 11.6 Å². The Hall–Kier alpha value is -3.47. The number of hydrogen-bond acceptors (Lipinski definition) is 4. The fourth-order valence-electron chi connectivity index (χ4n) is 3.25. The lowest BCUT2D eigenvalue weighted by molar-refractivity contribution is 0.0664. The summed E-state index contributed by atoms with van der Waals surface area (Å²) in [6.07, 6.45) is -0.593. The van der Waals surface area contributed by atoms with Crippen LogP contribution in [0.3, 0.4) is 0 Å². The van der Waals surface area contributed by atoms with Crippen molar-refractivity contribution < 1.29 is 15.0 Å². The molecule has 0 aliphatic carbocycles. The van der Waals surface area contributed by atoms with Crippen molar-refractivity contribution in [1.82, 2.24) is 4.90 Å². The molecule has 0 radical (unpaired) electrons. The molecule has 26 heavy (non-hydrogen) atoms.